The van der Waals surface area contributed by atoms with Crippen LogP contribution in [0.1, 0.15) is 23.2 Å². The van der Waals surface area contributed by atoms with Crippen molar-refractivity contribution in [3.63, 3.8) is 0 Å². The number of pyridine rings is 1. The molecule has 0 atom stereocenters. The molecule has 2 aromatic carbocycles. The van der Waals surface area contributed by atoms with Crippen LogP contribution < -0.4 is 0 Å². The molecular formula is C22H17ClN2O5S. The molecule has 9 heteroatoms. The van der Waals surface area contributed by atoms with E-state index in [9.17, 15) is 18.3 Å². The highest BCUT2D eigenvalue weighted by atomic mass is 35.5. The largest absolute Gasteiger partial charge is 0.478 e. The molecular weight excluding hydrogens is 440 g/mol. The summed E-state index contributed by atoms with van der Waals surface area (Å²) in [6.07, 6.45) is 1.64. The van der Waals surface area contributed by atoms with Crippen molar-refractivity contribution in [3.05, 3.63) is 59.1 Å². The first-order valence-corrected chi connectivity index (χ1v) is 11.5. The molecule has 0 aliphatic carbocycles. The minimum atomic E-state index is -3.67. The molecule has 1 N–H and O–H groups in total. The zero-order valence-electron chi connectivity index (χ0n) is 16.2. The summed E-state index contributed by atoms with van der Waals surface area (Å²) in [4.78, 5) is 16.6. The molecule has 31 heavy (non-hydrogen) atoms. The van der Waals surface area contributed by atoms with Gasteiger partial charge in [-0.25, -0.2) is 18.2 Å². The van der Waals surface area contributed by atoms with Gasteiger partial charge in [0.25, 0.3) is 0 Å². The molecule has 0 unspecified atom stereocenters. The lowest BCUT2D eigenvalue weighted by Gasteiger charge is -2.16. The summed E-state index contributed by atoms with van der Waals surface area (Å²) in [7, 11) is -3.67. The Hall–Kier alpha value is -2.94. The van der Waals surface area contributed by atoms with Crippen molar-refractivity contribution in [1.82, 2.24) is 9.29 Å². The normalized spacial score (nSPS) is 15.1. The minimum Gasteiger partial charge on any atom is -0.478 e. The molecule has 7 nitrogen and oxygen atoms in total. The monoisotopic (exact) mass is 456 g/mol. The second-order valence-electron chi connectivity index (χ2n) is 7.44. The lowest BCUT2D eigenvalue weighted by molar-refractivity contribution is 0.0699. The van der Waals surface area contributed by atoms with Gasteiger partial charge in [-0.05, 0) is 61.4 Å². The lowest BCUT2D eigenvalue weighted by atomic mass is 10.1. The molecule has 0 amide bonds. The average Bonchev–Trinajstić information content (AvgIpc) is 3.42. The van der Waals surface area contributed by atoms with E-state index >= 15 is 0 Å². The minimum absolute atomic E-state index is 0.0445. The van der Waals surface area contributed by atoms with E-state index < -0.39 is 16.0 Å². The van der Waals surface area contributed by atoms with E-state index in [-0.39, 0.29) is 15.8 Å². The van der Waals surface area contributed by atoms with Gasteiger partial charge in [-0.2, -0.15) is 4.31 Å². The van der Waals surface area contributed by atoms with Gasteiger partial charge in [-0.1, -0.05) is 11.6 Å². The number of carboxylic acids is 1. The smallest absolute Gasteiger partial charge is 0.336 e. The van der Waals surface area contributed by atoms with Gasteiger partial charge in [0, 0.05) is 28.9 Å². The van der Waals surface area contributed by atoms with E-state index in [1.54, 1.807) is 24.3 Å². The Bertz CT molecular complexity index is 1460. The van der Waals surface area contributed by atoms with Crippen LogP contribution in [0.3, 0.4) is 0 Å². The summed E-state index contributed by atoms with van der Waals surface area (Å²) in [5.74, 6) is -0.779. The average molecular weight is 457 g/mol. The maximum absolute atomic E-state index is 12.9. The third kappa shape index (κ3) is 3.46. The fourth-order valence-electron chi connectivity index (χ4n) is 3.89. The molecule has 5 rings (SSSR count). The van der Waals surface area contributed by atoms with Gasteiger partial charge >= 0.3 is 5.97 Å². The van der Waals surface area contributed by atoms with Gasteiger partial charge in [0.15, 0.2) is 5.76 Å². The Kier molecular flexibility index (Phi) is 4.73. The fraction of sp³-hybridized carbons (Fsp3) is 0.182. The zero-order chi connectivity index (χ0) is 21.8. The predicted octanol–water partition coefficient (Wildman–Crippen LogP) is 4.78. The Morgan fingerprint density at radius 1 is 1.06 bits per heavy atom. The van der Waals surface area contributed by atoms with Gasteiger partial charge in [0.05, 0.1) is 16.0 Å². The number of halogens is 1. The molecule has 4 aromatic rings. The van der Waals surface area contributed by atoms with Crippen LogP contribution >= 0.6 is 11.6 Å². The first-order valence-electron chi connectivity index (χ1n) is 9.71. The first kappa shape index (κ1) is 20.0. The number of sulfonamides is 1. The molecule has 0 spiro atoms. The molecule has 2 aromatic heterocycles. The van der Waals surface area contributed by atoms with Gasteiger partial charge in [-0.15, -0.1) is 0 Å². The highest BCUT2D eigenvalue weighted by Gasteiger charge is 2.28. The Labute approximate surface area is 182 Å². The second-order valence-corrected chi connectivity index (χ2v) is 9.82. The molecule has 0 radical (unpaired) electrons. The number of carbonyl (C=O) groups is 1. The summed E-state index contributed by atoms with van der Waals surface area (Å²) in [6.45, 7) is 0.943. The SMILES string of the molecule is O=C(O)c1cc(-c2cc3cc(Cl)ccc3o2)nc2ccc(S(=O)(=O)N3CCCC3)cc12. The van der Waals surface area contributed by atoms with Crippen molar-refractivity contribution in [2.75, 3.05) is 13.1 Å². The molecule has 3 heterocycles. The van der Waals surface area contributed by atoms with Gasteiger partial charge in [0.2, 0.25) is 10.0 Å². The number of hydrogen-bond donors (Lipinski definition) is 1. The van der Waals surface area contributed by atoms with Crippen molar-refractivity contribution < 1.29 is 22.7 Å². The van der Waals surface area contributed by atoms with E-state index in [2.05, 4.69) is 4.98 Å². The highest BCUT2D eigenvalue weighted by Crippen LogP contribution is 2.32. The number of aromatic nitrogens is 1. The van der Waals surface area contributed by atoms with Crippen LogP contribution in [-0.2, 0) is 10.0 Å². The number of fused-ring (bicyclic) bond motifs is 2. The van der Waals surface area contributed by atoms with Crippen molar-refractivity contribution in [1.29, 1.82) is 0 Å². The fourth-order valence-corrected chi connectivity index (χ4v) is 5.61. The van der Waals surface area contributed by atoms with E-state index in [0.717, 1.165) is 18.2 Å². The topological polar surface area (TPSA) is 101 Å². The molecule has 1 aliphatic rings. The van der Waals surface area contributed by atoms with E-state index in [0.29, 0.717) is 40.7 Å². The molecule has 1 aliphatic heterocycles. The van der Waals surface area contributed by atoms with Crippen LogP contribution in [0.15, 0.2) is 57.8 Å². The lowest BCUT2D eigenvalue weighted by Crippen LogP contribution is -2.27. The zero-order valence-corrected chi connectivity index (χ0v) is 17.8. The maximum Gasteiger partial charge on any atom is 0.336 e. The van der Waals surface area contributed by atoms with Crippen LogP contribution in [0.25, 0.3) is 33.3 Å². The van der Waals surface area contributed by atoms with Crippen LogP contribution in [-0.4, -0.2) is 41.9 Å². The van der Waals surface area contributed by atoms with Crippen molar-refractivity contribution in [2.45, 2.75) is 17.7 Å². The van der Waals surface area contributed by atoms with Crippen molar-refractivity contribution >= 4 is 49.5 Å². The Morgan fingerprint density at radius 3 is 2.58 bits per heavy atom. The van der Waals surface area contributed by atoms with Crippen LogP contribution in [0.5, 0.6) is 0 Å². The Morgan fingerprint density at radius 2 is 1.84 bits per heavy atom. The molecule has 0 saturated carbocycles. The number of nitrogens with zero attached hydrogens (tertiary/aromatic N) is 2. The summed E-state index contributed by atoms with van der Waals surface area (Å²) >= 11 is 6.03. The standard InChI is InChI=1S/C22H17ClN2O5S/c23-14-3-6-20-13(9-14)10-21(30-20)19-12-17(22(26)27)16-11-15(4-5-18(16)24-19)31(28,29)25-7-1-2-8-25/h3-6,9-12H,1-2,7-8H2,(H,26,27). The summed E-state index contributed by atoms with van der Waals surface area (Å²) in [6, 6.07) is 12.7. The van der Waals surface area contributed by atoms with Crippen LogP contribution in [0.4, 0.5) is 0 Å². The van der Waals surface area contributed by atoms with Crippen molar-refractivity contribution in [3.8, 4) is 11.5 Å². The van der Waals surface area contributed by atoms with E-state index in [4.69, 9.17) is 16.0 Å². The van der Waals surface area contributed by atoms with E-state index in [1.807, 2.05) is 0 Å². The molecule has 0 bridgehead atoms. The van der Waals surface area contributed by atoms with Crippen LogP contribution in [0, 0.1) is 0 Å². The summed E-state index contributed by atoms with van der Waals surface area (Å²) in [5, 5.41) is 11.4. The summed E-state index contributed by atoms with van der Waals surface area (Å²) < 4.78 is 33.1. The third-order valence-corrected chi connectivity index (χ3v) is 7.57. The molecule has 158 valence electrons. The molecule has 1 saturated heterocycles. The maximum atomic E-state index is 12.9. The number of rotatable bonds is 4. The molecule has 1 fully saturated rings. The number of hydrogen-bond acceptors (Lipinski definition) is 5. The number of aromatic carboxylic acids is 1. The van der Waals surface area contributed by atoms with Crippen molar-refractivity contribution in [2.24, 2.45) is 0 Å². The van der Waals surface area contributed by atoms with Gasteiger partial charge < -0.3 is 9.52 Å². The number of benzene rings is 2. The quantitative estimate of drug-likeness (QED) is 0.474. The number of carboxylic acid groups (broad SMARTS) is 1. The van der Waals surface area contributed by atoms with Gasteiger partial charge in [-0.3, -0.25) is 0 Å². The number of furan rings is 1. The Balaban J connectivity index is 1.66. The first-order chi connectivity index (χ1) is 14.8. The highest BCUT2D eigenvalue weighted by molar-refractivity contribution is 7.89. The summed E-state index contributed by atoms with van der Waals surface area (Å²) in [5.41, 5.74) is 1.27. The second kappa shape index (κ2) is 7.33. The van der Waals surface area contributed by atoms with E-state index in [1.165, 1.54) is 28.6 Å². The predicted molar refractivity (Wildman–Crippen MR) is 117 cm³/mol. The van der Waals surface area contributed by atoms with Crippen LogP contribution in [0.2, 0.25) is 5.02 Å². The third-order valence-electron chi connectivity index (χ3n) is 5.44. The van der Waals surface area contributed by atoms with Gasteiger partial charge in [0.1, 0.15) is 11.3 Å².